The molecule has 2 aromatic heterocycles. The average molecular weight is 469 g/mol. The van der Waals surface area contributed by atoms with Crippen LogP contribution in [-0.4, -0.2) is 39.1 Å². The molecule has 8 nitrogen and oxygen atoms in total. The number of nitrogens with zero attached hydrogens (tertiary/aromatic N) is 3. The van der Waals surface area contributed by atoms with Crippen molar-refractivity contribution in [1.82, 2.24) is 14.5 Å². The maximum absolute atomic E-state index is 14.6. The summed E-state index contributed by atoms with van der Waals surface area (Å²) in [4.78, 5) is 20.1. The zero-order chi connectivity index (χ0) is 23.4. The highest BCUT2D eigenvalue weighted by Gasteiger charge is 2.22. The first-order valence-electron chi connectivity index (χ1n) is 9.85. The lowest BCUT2D eigenvalue weighted by Crippen LogP contribution is -2.10. The van der Waals surface area contributed by atoms with Crippen molar-refractivity contribution in [2.75, 3.05) is 14.2 Å². The Kier molecular flexibility index (Phi) is 6.64. The Morgan fingerprint density at radius 2 is 1.94 bits per heavy atom. The lowest BCUT2D eigenvalue weighted by molar-refractivity contribution is 0.0669. The van der Waals surface area contributed by atoms with Crippen molar-refractivity contribution in [2.24, 2.45) is 0 Å². The van der Waals surface area contributed by atoms with Gasteiger partial charge in [-0.15, -0.1) is 0 Å². The van der Waals surface area contributed by atoms with Crippen molar-refractivity contribution in [3.8, 4) is 11.4 Å². The summed E-state index contributed by atoms with van der Waals surface area (Å²) < 4.78 is 44.5. The second kappa shape index (κ2) is 9.78. The summed E-state index contributed by atoms with van der Waals surface area (Å²) in [7, 11) is 1.06. The van der Waals surface area contributed by atoms with Gasteiger partial charge in [0, 0.05) is 17.8 Å². The van der Waals surface area contributed by atoms with Crippen LogP contribution in [0.5, 0.6) is 5.75 Å². The lowest BCUT2D eigenvalue weighted by Gasteiger charge is -2.14. The summed E-state index contributed by atoms with van der Waals surface area (Å²) >= 11 is 0. The molecule has 0 N–H and O–H groups in total. The summed E-state index contributed by atoms with van der Waals surface area (Å²) in [6.45, 7) is -0.0959. The molecule has 0 amide bonds. The molecule has 0 aliphatic carbocycles. The highest BCUT2D eigenvalue weighted by atomic mass is 32.2. The molecule has 4 rings (SSSR count). The number of imidazole rings is 1. The van der Waals surface area contributed by atoms with E-state index >= 15 is 0 Å². The van der Waals surface area contributed by atoms with Crippen LogP contribution >= 0.6 is 0 Å². The Bertz CT molecular complexity index is 1340. The van der Waals surface area contributed by atoms with Crippen LogP contribution in [0.15, 0.2) is 66.0 Å². The van der Waals surface area contributed by atoms with Crippen molar-refractivity contribution in [3.63, 3.8) is 0 Å². The van der Waals surface area contributed by atoms with Crippen LogP contribution in [0.2, 0.25) is 0 Å². The van der Waals surface area contributed by atoms with Gasteiger partial charge in [0.15, 0.2) is 5.82 Å². The first-order chi connectivity index (χ1) is 16.0. The molecule has 170 valence electrons. The second-order valence-electron chi connectivity index (χ2n) is 6.89. The first kappa shape index (κ1) is 22.4. The number of fused-ring (bicyclic) bond motifs is 1. The predicted molar refractivity (Wildman–Crippen MR) is 119 cm³/mol. The number of aromatic nitrogens is 3. The van der Waals surface area contributed by atoms with Gasteiger partial charge in [-0.05, 0) is 24.3 Å². The predicted octanol–water partition coefficient (Wildman–Crippen LogP) is 4.16. The molecule has 4 aromatic rings. The number of rotatable bonds is 7. The molecule has 1 atom stereocenters. The number of benzene rings is 2. The largest absolute Gasteiger partial charge is 0.508 e. The smallest absolute Gasteiger partial charge is 0.497 e. The van der Waals surface area contributed by atoms with E-state index in [1.165, 1.54) is 20.3 Å². The second-order valence-corrected chi connectivity index (χ2v) is 8.23. The summed E-state index contributed by atoms with van der Waals surface area (Å²) in [6.07, 6.45) is 0.729. The highest BCUT2D eigenvalue weighted by Crippen LogP contribution is 2.29. The van der Waals surface area contributed by atoms with Crippen molar-refractivity contribution in [2.45, 2.75) is 17.5 Å². The maximum atomic E-state index is 14.6. The fraction of sp³-hybridized carbons (Fsp3) is 0.174. The Labute approximate surface area is 191 Å². The third-order valence-corrected chi connectivity index (χ3v) is 6.10. The molecule has 0 saturated heterocycles. The number of hydrogen-bond acceptors (Lipinski definition) is 7. The van der Waals surface area contributed by atoms with Gasteiger partial charge < -0.3 is 14.2 Å². The molecule has 0 aliphatic rings. The van der Waals surface area contributed by atoms with E-state index in [0.29, 0.717) is 28.2 Å². The summed E-state index contributed by atoms with van der Waals surface area (Å²) in [5, 5.41) is 0.144. The molecule has 10 heteroatoms. The number of para-hydroxylation sites is 2. The minimum absolute atomic E-state index is 0.0446. The van der Waals surface area contributed by atoms with E-state index < -0.39 is 22.8 Å². The molecule has 0 spiro atoms. The molecular weight excluding hydrogens is 449 g/mol. The van der Waals surface area contributed by atoms with E-state index in [2.05, 4.69) is 14.7 Å². The topological polar surface area (TPSA) is 92.5 Å². The number of pyridine rings is 1. The molecule has 0 fully saturated rings. The molecule has 0 saturated carbocycles. The van der Waals surface area contributed by atoms with Gasteiger partial charge in [0.1, 0.15) is 17.9 Å². The van der Waals surface area contributed by atoms with E-state index in [1.807, 2.05) is 0 Å². The molecule has 2 aromatic carbocycles. The van der Waals surface area contributed by atoms with Gasteiger partial charge in [0.25, 0.3) is 0 Å². The molecule has 2 heterocycles. The monoisotopic (exact) mass is 469 g/mol. The molecule has 0 aliphatic heterocycles. The van der Waals surface area contributed by atoms with Crippen molar-refractivity contribution in [3.05, 3.63) is 77.9 Å². The van der Waals surface area contributed by atoms with Gasteiger partial charge in [0.2, 0.25) is 5.16 Å². The zero-order valence-electron chi connectivity index (χ0n) is 17.9. The average Bonchev–Trinajstić information content (AvgIpc) is 3.23. The number of halogens is 1. The van der Waals surface area contributed by atoms with Crippen LogP contribution < -0.4 is 4.74 Å². The third kappa shape index (κ3) is 4.70. The zero-order valence-corrected chi connectivity index (χ0v) is 18.7. The molecular formula is C23H20FN3O5S. The van der Waals surface area contributed by atoms with E-state index in [0.717, 1.165) is 0 Å². The van der Waals surface area contributed by atoms with Crippen LogP contribution in [0.3, 0.4) is 0 Å². The fourth-order valence-corrected chi connectivity index (χ4v) is 4.49. The Balaban J connectivity index is 1.82. The van der Waals surface area contributed by atoms with Gasteiger partial charge in [-0.2, -0.15) is 0 Å². The summed E-state index contributed by atoms with van der Waals surface area (Å²) in [5.74, 6) is 0.0947. The maximum Gasteiger partial charge on any atom is 0.508 e. The highest BCUT2D eigenvalue weighted by molar-refractivity contribution is 7.84. The van der Waals surface area contributed by atoms with Gasteiger partial charge in [-0.3, -0.25) is 13.8 Å². The van der Waals surface area contributed by atoms with E-state index in [4.69, 9.17) is 9.47 Å². The molecule has 0 radical (unpaired) electrons. The third-order valence-electron chi connectivity index (χ3n) is 4.86. The van der Waals surface area contributed by atoms with Crippen LogP contribution in [0.4, 0.5) is 9.18 Å². The summed E-state index contributed by atoms with van der Waals surface area (Å²) in [6, 6.07) is 15.0. The Hall–Kier alpha value is -3.79. The van der Waals surface area contributed by atoms with Crippen LogP contribution in [0.25, 0.3) is 16.7 Å². The standard InChI is InChI=1S/C23H20FN3O5S/c1-30-17-10-11-25-16(12-17)14-33(29)22-26-21-18(24)7-5-9-20(21)27(22)19-8-4-3-6-15(19)13-32-23(28)31-2/h3-12H,13-14H2,1-2H3. The number of ether oxygens (including phenoxy) is 3. The molecule has 0 bridgehead atoms. The lowest BCUT2D eigenvalue weighted by atomic mass is 10.2. The van der Waals surface area contributed by atoms with Crippen LogP contribution in [-0.2, 0) is 32.6 Å². The van der Waals surface area contributed by atoms with Gasteiger partial charge in [-0.1, -0.05) is 24.3 Å². The van der Waals surface area contributed by atoms with Gasteiger partial charge in [0.05, 0.1) is 47.7 Å². The van der Waals surface area contributed by atoms with Crippen molar-refractivity contribution >= 4 is 28.0 Å². The van der Waals surface area contributed by atoms with Crippen molar-refractivity contribution < 1.29 is 27.6 Å². The minimum atomic E-state index is -1.69. The number of hydrogen-bond donors (Lipinski definition) is 0. The van der Waals surface area contributed by atoms with Gasteiger partial charge >= 0.3 is 6.16 Å². The first-order valence-corrected chi connectivity index (χ1v) is 11.2. The number of carbonyl (C=O) groups excluding carboxylic acids is 1. The van der Waals surface area contributed by atoms with E-state index in [9.17, 15) is 13.4 Å². The minimum Gasteiger partial charge on any atom is -0.497 e. The van der Waals surface area contributed by atoms with E-state index in [1.54, 1.807) is 59.3 Å². The molecule has 33 heavy (non-hydrogen) atoms. The Morgan fingerprint density at radius 3 is 2.73 bits per heavy atom. The fourth-order valence-electron chi connectivity index (χ4n) is 3.34. The summed E-state index contributed by atoms with van der Waals surface area (Å²) in [5.41, 5.74) is 2.21. The van der Waals surface area contributed by atoms with Crippen LogP contribution in [0, 0.1) is 5.82 Å². The number of methoxy groups -OCH3 is 2. The van der Waals surface area contributed by atoms with E-state index in [-0.39, 0.29) is 23.0 Å². The van der Waals surface area contributed by atoms with Gasteiger partial charge in [-0.25, -0.2) is 14.2 Å². The normalized spacial score (nSPS) is 11.8. The van der Waals surface area contributed by atoms with Crippen molar-refractivity contribution in [1.29, 1.82) is 0 Å². The van der Waals surface area contributed by atoms with Crippen LogP contribution in [0.1, 0.15) is 11.3 Å². The number of carbonyl (C=O) groups is 1. The quantitative estimate of drug-likeness (QED) is 0.375. The SMILES string of the molecule is COC(=O)OCc1ccccc1-n1c(S(=O)Cc2cc(OC)ccn2)nc2c(F)cccc21. The molecule has 1 unspecified atom stereocenters. The Morgan fingerprint density at radius 1 is 1.12 bits per heavy atom.